The van der Waals surface area contributed by atoms with Gasteiger partial charge in [0.1, 0.15) is 5.78 Å². The molecule has 2 aromatic heterocycles. The zero-order valence-corrected chi connectivity index (χ0v) is 36.8. The molecule has 328 valence electrons. The van der Waals surface area contributed by atoms with Crippen LogP contribution >= 0.6 is 0 Å². The van der Waals surface area contributed by atoms with Crippen molar-refractivity contribution in [1.82, 2.24) is 30.2 Å². The van der Waals surface area contributed by atoms with Gasteiger partial charge in [-0.3, -0.25) is 24.8 Å². The van der Waals surface area contributed by atoms with E-state index < -0.39 is 0 Å². The van der Waals surface area contributed by atoms with Crippen molar-refractivity contribution in [3.63, 3.8) is 0 Å². The molecule has 2 N–H and O–H groups in total. The topological polar surface area (TPSA) is 124 Å². The molecule has 0 bridgehead atoms. The molecule has 0 aliphatic carbocycles. The van der Waals surface area contributed by atoms with Crippen LogP contribution in [0.2, 0.25) is 0 Å². The Morgan fingerprint density at radius 2 is 0.984 bits per heavy atom. The van der Waals surface area contributed by atoms with Crippen LogP contribution < -0.4 is 28.7 Å². The lowest BCUT2D eigenvalue weighted by molar-refractivity contribution is -0.121. The number of carbonyl (C=O) groups excluding carboxylic acids is 1. The van der Waals surface area contributed by atoms with Crippen molar-refractivity contribution >= 4 is 39.2 Å². The van der Waals surface area contributed by atoms with Crippen LogP contribution in [0.25, 0.3) is 21.8 Å². The number of fused-ring (bicyclic) bond motifs is 2. The molecule has 0 saturated carbocycles. The van der Waals surface area contributed by atoms with Crippen LogP contribution in [0.3, 0.4) is 0 Å². The van der Waals surface area contributed by atoms with Crippen LogP contribution in [0, 0.1) is 0 Å². The van der Waals surface area contributed by atoms with E-state index in [0.717, 1.165) is 125 Å². The highest BCUT2D eigenvalue weighted by atomic mass is 16.5. The molecule has 62 heavy (non-hydrogen) atoms. The van der Waals surface area contributed by atoms with E-state index in [1.54, 1.807) is 14.2 Å². The SMILES string of the molecule is COc1cc(C(C)C(=O)C(C)c2ccc(OCCCCN3CCN(c4n[nH]c5ccccc45)CC3)c(OC)c2)ccc1OCCCCN1CCN(c2n[nH]c3ccccc23)CC1. The van der Waals surface area contributed by atoms with Crippen LogP contribution in [0.15, 0.2) is 84.9 Å². The third-order valence-electron chi connectivity index (χ3n) is 12.7. The van der Waals surface area contributed by atoms with Gasteiger partial charge in [-0.25, -0.2) is 0 Å². The second-order valence-corrected chi connectivity index (χ2v) is 16.6. The molecule has 13 heteroatoms. The molecular formula is C49H62N8O5. The molecule has 6 aromatic rings. The maximum absolute atomic E-state index is 13.9. The third kappa shape index (κ3) is 9.95. The van der Waals surface area contributed by atoms with Gasteiger partial charge in [0.15, 0.2) is 34.6 Å². The van der Waals surface area contributed by atoms with Crippen molar-refractivity contribution in [2.24, 2.45) is 0 Å². The standard InChI is InChI=1S/C49H62N8O5/c1-35(37-17-19-43(45(33-37)59-3)61-31-11-9-21-54-23-27-56(28-24-54)48-39-13-5-7-15-41(39)50-52-48)47(58)36(2)38-18-20-44(46(34-38)60-4)62-32-12-10-22-55-25-29-57(30-26-55)49-40-14-6-8-16-42(40)51-53-49/h5-8,13-20,33-36H,9-12,21-32H2,1-4H3,(H,50,52)(H,51,53). The molecular weight excluding hydrogens is 781 g/mol. The summed E-state index contributed by atoms with van der Waals surface area (Å²) >= 11 is 0. The summed E-state index contributed by atoms with van der Waals surface area (Å²) in [7, 11) is 3.30. The number of nitrogens with one attached hydrogen (secondary N) is 2. The number of para-hydroxylation sites is 2. The number of nitrogens with zero attached hydrogens (tertiary/aromatic N) is 6. The van der Waals surface area contributed by atoms with Crippen LogP contribution in [-0.4, -0.2) is 129 Å². The molecule has 0 amide bonds. The van der Waals surface area contributed by atoms with Crippen molar-refractivity contribution in [1.29, 1.82) is 0 Å². The maximum Gasteiger partial charge on any atom is 0.161 e. The first-order chi connectivity index (χ1) is 30.4. The van der Waals surface area contributed by atoms with Gasteiger partial charge in [-0.15, -0.1) is 0 Å². The zero-order chi connectivity index (χ0) is 42.8. The number of ketones is 1. The predicted molar refractivity (Wildman–Crippen MR) is 247 cm³/mol. The van der Waals surface area contributed by atoms with E-state index in [-0.39, 0.29) is 17.6 Å². The number of hydrogen-bond donors (Lipinski definition) is 2. The van der Waals surface area contributed by atoms with Gasteiger partial charge in [0, 0.05) is 75.0 Å². The van der Waals surface area contributed by atoms with Gasteiger partial charge in [0.05, 0.1) is 38.5 Å². The summed E-state index contributed by atoms with van der Waals surface area (Å²) in [5.41, 5.74) is 3.96. The smallest absolute Gasteiger partial charge is 0.161 e. The highest BCUT2D eigenvalue weighted by molar-refractivity contribution is 5.92. The number of benzene rings is 4. The first-order valence-corrected chi connectivity index (χ1v) is 22.4. The normalized spacial score (nSPS) is 16.1. The fourth-order valence-corrected chi connectivity index (χ4v) is 8.83. The van der Waals surface area contributed by atoms with Crippen LogP contribution in [0.1, 0.15) is 62.5 Å². The fourth-order valence-electron chi connectivity index (χ4n) is 8.83. The van der Waals surface area contributed by atoms with Crippen LogP contribution in [0.4, 0.5) is 11.6 Å². The summed E-state index contributed by atoms with van der Waals surface area (Å²) in [5.74, 6) is 4.22. The molecule has 0 radical (unpaired) electrons. The average molecular weight is 843 g/mol. The van der Waals surface area contributed by atoms with Crippen molar-refractivity contribution in [2.75, 3.05) is 103 Å². The lowest BCUT2D eigenvalue weighted by atomic mass is 9.85. The van der Waals surface area contributed by atoms with Crippen LogP contribution in [-0.2, 0) is 4.79 Å². The molecule has 8 rings (SSSR count). The van der Waals surface area contributed by atoms with Gasteiger partial charge in [-0.05, 0) is 98.4 Å². The monoisotopic (exact) mass is 842 g/mol. The summed E-state index contributed by atoms with van der Waals surface area (Å²) < 4.78 is 23.8. The van der Waals surface area contributed by atoms with E-state index in [9.17, 15) is 4.79 Å². The minimum absolute atomic E-state index is 0.119. The number of Topliss-reactive ketones (excluding diaryl/α,β-unsaturated/α-hetero) is 1. The number of rotatable bonds is 20. The fraction of sp³-hybridized carbons (Fsp3) is 0.449. The Bertz CT molecular complexity index is 2220. The van der Waals surface area contributed by atoms with E-state index >= 15 is 0 Å². The van der Waals surface area contributed by atoms with Crippen molar-refractivity contribution in [3.8, 4) is 23.0 Å². The Morgan fingerprint density at radius 3 is 1.40 bits per heavy atom. The Balaban J connectivity index is 0.740. The number of aromatic amines is 2. The molecule has 4 aromatic carbocycles. The average Bonchev–Trinajstić information content (AvgIpc) is 3.96. The Kier molecular flexibility index (Phi) is 14.1. The Hall–Kier alpha value is -5.79. The number of aromatic nitrogens is 4. The molecule has 2 saturated heterocycles. The molecule has 2 aliphatic heterocycles. The first-order valence-electron chi connectivity index (χ1n) is 22.4. The Labute approximate surface area is 365 Å². The molecule has 2 aliphatic rings. The summed E-state index contributed by atoms with van der Waals surface area (Å²) in [6.45, 7) is 15.2. The predicted octanol–water partition coefficient (Wildman–Crippen LogP) is 7.90. The van der Waals surface area contributed by atoms with Crippen molar-refractivity contribution in [3.05, 3.63) is 96.1 Å². The van der Waals surface area contributed by atoms with Gasteiger partial charge in [0.25, 0.3) is 0 Å². The van der Waals surface area contributed by atoms with E-state index in [0.29, 0.717) is 36.2 Å². The minimum Gasteiger partial charge on any atom is -0.493 e. The molecule has 13 nitrogen and oxygen atoms in total. The van der Waals surface area contributed by atoms with E-state index in [1.165, 1.54) is 10.8 Å². The highest BCUT2D eigenvalue weighted by Gasteiger charge is 2.26. The molecule has 0 spiro atoms. The second-order valence-electron chi connectivity index (χ2n) is 16.6. The molecule has 4 heterocycles. The lowest BCUT2D eigenvalue weighted by Gasteiger charge is -2.35. The van der Waals surface area contributed by atoms with Gasteiger partial charge in [-0.2, -0.15) is 10.2 Å². The van der Waals surface area contributed by atoms with Gasteiger partial charge < -0.3 is 28.7 Å². The van der Waals surface area contributed by atoms with E-state index in [4.69, 9.17) is 18.9 Å². The van der Waals surface area contributed by atoms with E-state index in [2.05, 4.69) is 76.4 Å². The lowest BCUT2D eigenvalue weighted by Crippen LogP contribution is -2.46. The van der Waals surface area contributed by atoms with Gasteiger partial charge >= 0.3 is 0 Å². The number of methoxy groups -OCH3 is 2. The maximum atomic E-state index is 13.9. The molecule has 2 atom stereocenters. The number of hydrogen-bond acceptors (Lipinski definition) is 11. The number of ether oxygens (including phenoxy) is 4. The summed E-state index contributed by atoms with van der Waals surface area (Å²) in [6, 6.07) is 28.3. The molecule has 2 fully saturated rings. The number of carbonyl (C=O) groups is 1. The number of unbranched alkanes of at least 4 members (excludes halogenated alkanes) is 2. The first kappa shape index (κ1) is 42.9. The van der Waals surface area contributed by atoms with Crippen LogP contribution in [0.5, 0.6) is 23.0 Å². The van der Waals surface area contributed by atoms with Gasteiger partial charge in [0.2, 0.25) is 0 Å². The van der Waals surface area contributed by atoms with Gasteiger partial charge in [-0.1, -0.05) is 50.2 Å². The highest BCUT2D eigenvalue weighted by Crippen LogP contribution is 2.36. The van der Waals surface area contributed by atoms with E-state index in [1.807, 2.05) is 62.4 Å². The van der Waals surface area contributed by atoms with Crippen molar-refractivity contribution in [2.45, 2.75) is 51.4 Å². The summed E-state index contributed by atoms with van der Waals surface area (Å²) in [6.07, 6.45) is 3.99. The minimum atomic E-state index is -0.338. The number of piperazine rings is 2. The van der Waals surface area contributed by atoms with Crippen molar-refractivity contribution < 1.29 is 23.7 Å². The summed E-state index contributed by atoms with van der Waals surface area (Å²) in [5, 5.41) is 17.9. The molecule has 2 unspecified atom stereocenters. The number of anilines is 2. The second kappa shape index (κ2) is 20.4. The number of H-pyrrole nitrogens is 2. The largest absolute Gasteiger partial charge is 0.493 e. The third-order valence-corrected chi connectivity index (χ3v) is 12.7. The quantitative estimate of drug-likeness (QED) is 0.0730. The Morgan fingerprint density at radius 1 is 0.565 bits per heavy atom. The zero-order valence-electron chi connectivity index (χ0n) is 36.8. The summed E-state index contributed by atoms with van der Waals surface area (Å²) in [4.78, 5) is 23.7.